The molecule has 1 fully saturated rings. The minimum absolute atomic E-state index is 0.210. The normalized spacial score (nSPS) is 16.8. The zero-order chi connectivity index (χ0) is 19.4. The number of para-hydroxylation sites is 1. The van der Waals surface area contributed by atoms with Gasteiger partial charge in [-0.05, 0) is 50.2 Å². The Kier molecular flexibility index (Phi) is 5.56. The molecule has 1 saturated heterocycles. The Morgan fingerprint density at radius 2 is 1.89 bits per heavy atom. The van der Waals surface area contributed by atoms with Crippen LogP contribution in [0.3, 0.4) is 0 Å². The molecule has 2 aromatic rings. The van der Waals surface area contributed by atoms with Gasteiger partial charge in [0.1, 0.15) is 11.9 Å². The summed E-state index contributed by atoms with van der Waals surface area (Å²) in [6.45, 7) is 3.94. The van der Waals surface area contributed by atoms with Crippen molar-refractivity contribution in [2.24, 2.45) is 0 Å². The van der Waals surface area contributed by atoms with Gasteiger partial charge in [0.2, 0.25) is 0 Å². The fraction of sp³-hybridized carbons (Fsp3) is 0.300. The Morgan fingerprint density at radius 3 is 2.56 bits per heavy atom. The van der Waals surface area contributed by atoms with Crippen molar-refractivity contribution in [3.05, 3.63) is 59.6 Å². The number of benzene rings is 2. The minimum Gasteiger partial charge on any atom is -0.478 e. The predicted octanol–water partition coefficient (Wildman–Crippen LogP) is 3.64. The summed E-state index contributed by atoms with van der Waals surface area (Å²) in [6.07, 6.45) is -0.842. The van der Waals surface area contributed by atoms with Crippen molar-refractivity contribution in [3.63, 3.8) is 0 Å². The van der Waals surface area contributed by atoms with Crippen molar-refractivity contribution in [2.45, 2.75) is 25.6 Å². The third-order valence-electron chi connectivity index (χ3n) is 4.17. The molecule has 1 N–H and O–H groups in total. The number of cyclic esters (lactones) is 1. The molecule has 1 atom stereocenters. The van der Waals surface area contributed by atoms with E-state index in [1.165, 1.54) is 0 Å². The molecule has 3 rings (SSSR count). The van der Waals surface area contributed by atoms with Crippen LogP contribution < -0.4 is 15.0 Å². The largest absolute Gasteiger partial charge is 0.478 e. The maximum Gasteiger partial charge on any atom is 0.414 e. The van der Waals surface area contributed by atoms with Crippen molar-refractivity contribution in [2.75, 3.05) is 18.0 Å². The number of nitrogens with one attached hydrogen (secondary N) is 1. The van der Waals surface area contributed by atoms with Crippen LogP contribution >= 0.6 is 11.6 Å². The van der Waals surface area contributed by atoms with Gasteiger partial charge in [-0.2, -0.15) is 0 Å². The van der Waals surface area contributed by atoms with Gasteiger partial charge in [-0.3, -0.25) is 9.69 Å². The van der Waals surface area contributed by atoms with Crippen molar-refractivity contribution >= 4 is 29.3 Å². The molecular formula is C20H21ClN2O4. The number of hydrogen-bond donors (Lipinski definition) is 1. The van der Waals surface area contributed by atoms with Crippen LogP contribution in [-0.2, 0) is 9.53 Å². The SMILES string of the molecule is CC(C)(Oc1ccc(Cl)cc1)C(=O)NC[C@H]1CN(c2ccccc2)C(=O)O1. The number of hydrogen-bond acceptors (Lipinski definition) is 4. The lowest BCUT2D eigenvalue weighted by atomic mass is 10.1. The number of amides is 2. The molecule has 0 aromatic heterocycles. The topological polar surface area (TPSA) is 67.9 Å². The molecule has 0 aliphatic carbocycles. The van der Waals surface area contributed by atoms with E-state index in [0.29, 0.717) is 17.3 Å². The third kappa shape index (κ3) is 4.71. The highest BCUT2D eigenvalue weighted by atomic mass is 35.5. The van der Waals surface area contributed by atoms with E-state index in [0.717, 1.165) is 5.69 Å². The van der Waals surface area contributed by atoms with Gasteiger partial charge in [-0.15, -0.1) is 0 Å². The molecular weight excluding hydrogens is 368 g/mol. The molecule has 1 aliphatic heterocycles. The number of carbonyl (C=O) groups is 2. The van der Waals surface area contributed by atoms with Crippen molar-refractivity contribution < 1.29 is 19.1 Å². The Bertz CT molecular complexity index is 808. The van der Waals surface area contributed by atoms with Gasteiger partial charge in [0.25, 0.3) is 5.91 Å². The van der Waals surface area contributed by atoms with Gasteiger partial charge >= 0.3 is 6.09 Å². The van der Waals surface area contributed by atoms with Crippen LogP contribution in [-0.4, -0.2) is 36.8 Å². The lowest BCUT2D eigenvalue weighted by molar-refractivity contribution is -0.134. The highest BCUT2D eigenvalue weighted by molar-refractivity contribution is 6.30. The van der Waals surface area contributed by atoms with E-state index in [9.17, 15) is 9.59 Å². The summed E-state index contributed by atoms with van der Waals surface area (Å²) in [5.74, 6) is 0.244. The second kappa shape index (κ2) is 7.88. The number of rotatable bonds is 6. The predicted molar refractivity (Wildman–Crippen MR) is 103 cm³/mol. The monoisotopic (exact) mass is 388 g/mol. The summed E-state index contributed by atoms with van der Waals surface area (Å²) in [7, 11) is 0. The molecule has 0 spiro atoms. The first-order valence-corrected chi connectivity index (χ1v) is 8.99. The first kappa shape index (κ1) is 19.0. The fourth-order valence-corrected chi connectivity index (χ4v) is 2.84. The number of halogens is 1. The molecule has 1 heterocycles. The van der Waals surface area contributed by atoms with Gasteiger partial charge < -0.3 is 14.8 Å². The maximum atomic E-state index is 12.5. The van der Waals surface area contributed by atoms with Crippen LogP contribution in [0.4, 0.5) is 10.5 Å². The highest BCUT2D eigenvalue weighted by Crippen LogP contribution is 2.22. The molecule has 0 saturated carbocycles. The van der Waals surface area contributed by atoms with Crippen LogP contribution in [0.5, 0.6) is 5.75 Å². The zero-order valence-corrected chi connectivity index (χ0v) is 15.9. The van der Waals surface area contributed by atoms with E-state index < -0.39 is 17.8 Å². The summed E-state index contributed by atoms with van der Waals surface area (Å²) < 4.78 is 11.1. The molecule has 0 radical (unpaired) electrons. The van der Waals surface area contributed by atoms with E-state index in [-0.39, 0.29) is 12.5 Å². The summed E-state index contributed by atoms with van der Waals surface area (Å²) in [4.78, 5) is 26.1. The van der Waals surface area contributed by atoms with E-state index in [4.69, 9.17) is 21.1 Å². The van der Waals surface area contributed by atoms with E-state index in [1.807, 2.05) is 30.3 Å². The average Bonchev–Trinajstić information content (AvgIpc) is 3.03. The first-order valence-electron chi connectivity index (χ1n) is 8.61. The standard InChI is InChI=1S/C20H21ClN2O4/c1-20(2,27-16-10-8-14(21)9-11-16)18(24)22-12-17-13-23(19(25)26-17)15-6-4-3-5-7-15/h3-11,17H,12-13H2,1-2H3,(H,22,24)/t17-/m0/s1. The van der Waals surface area contributed by atoms with Crippen LogP contribution in [0.25, 0.3) is 0 Å². The minimum atomic E-state index is -1.09. The van der Waals surface area contributed by atoms with Gasteiger partial charge in [0, 0.05) is 10.7 Å². The molecule has 142 valence electrons. The van der Waals surface area contributed by atoms with E-state index in [1.54, 1.807) is 43.0 Å². The summed E-state index contributed by atoms with van der Waals surface area (Å²) in [6, 6.07) is 16.1. The Morgan fingerprint density at radius 1 is 1.22 bits per heavy atom. The highest BCUT2D eigenvalue weighted by Gasteiger charge is 2.35. The van der Waals surface area contributed by atoms with Crippen LogP contribution in [0, 0.1) is 0 Å². The molecule has 7 heteroatoms. The second-order valence-corrected chi connectivity index (χ2v) is 7.16. The summed E-state index contributed by atoms with van der Waals surface area (Å²) >= 11 is 5.86. The Hall–Kier alpha value is -2.73. The fourth-order valence-electron chi connectivity index (χ4n) is 2.71. The summed E-state index contributed by atoms with van der Waals surface area (Å²) in [5, 5.41) is 3.39. The molecule has 2 amide bonds. The van der Waals surface area contributed by atoms with Crippen LogP contribution in [0.15, 0.2) is 54.6 Å². The first-order chi connectivity index (χ1) is 12.8. The molecule has 6 nitrogen and oxygen atoms in total. The van der Waals surface area contributed by atoms with E-state index >= 15 is 0 Å². The summed E-state index contributed by atoms with van der Waals surface area (Å²) in [5.41, 5.74) is -0.321. The number of carbonyl (C=O) groups excluding carboxylic acids is 2. The molecule has 2 aromatic carbocycles. The average molecular weight is 389 g/mol. The van der Waals surface area contributed by atoms with Crippen molar-refractivity contribution in [1.29, 1.82) is 0 Å². The third-order valence-corrected chi connectivity index (χ3v) is 4.42. The lowest BCUT2D eigenvalue weighted by Crippen LogP contribution is -2.48. The molecule has 1 aliphatic rings. The molecule has 27 heavy (non-hydrogen) atoms. The quantitative estimate of drug-likeness (QED) is 0.820. The maximum absolute atomic E-state index is 12.5. The smallest absolute Gasteiger partial charge is 0.414 e. The number of nitrogens with zero attached hydrogens (tertiary/aromatic N) is 1. The van der Waals surface area contributed by atoms with Gasteiger partial charge in [0.15, 0.2) is 5.60 Å². The van der Waals surface area contributed by atoms with Crippen LogP contribution in [0.2, 0.25) is 5.02 Å². The molecule has 0 unspecified atom stereocenters. The van der Waals surface area contributed by atoms with Gasteiger partial charge in [0.05, 0.1) is 13.1 Å². The van der Waals surface area contributed by atoms with Crippen molar-refractivity contribution in [3.8, 4) is 5.75 Å². The number of anilines is 1. The van der Waals surface area contributed by atoms with Crippen molar-refractivity contribution in [1.82, 2.24) is 5.32 Å². The number of ether oxygens (including phenoxy) is 2. The Labute approximate surface area is 163 Å². The zero-order valence-electron chi connectivity index (χ0n) is 15.1. The Balaban J connectivity index is 1.54. The van der Waals surface area contributed by atoms with Crippen LogP contribution in [0.1, 0.15) is 13.8 Å². The second-order valence-electron chi connectivity index (χ2n) is 6.73. The van der Waals surface area contributed by atoms with Gasteiger partial charge in [-0.25, -0.2) is 4.79 Å². The lowest BCUT2D eigenvalue weighted by Gasteiger charge is -2.25. The molecule has 0 bridgehead atoms. The van der Waals surface area contributed by atoms with E-state index in [2.05, 4.69) is 5.32 Å². The van der Waals surface area contributed by atoms with Gasteiger partial charge in [-0.1, -0.05) is 29.8 Å².